The van der Waals surface area contributed by atoms with E-state index in [-0.39, 0.29) is 35.6 Å². The maximum Gasteiger partial charge on any atom is 0 e. The Morgan fingerprint density at radius 2 is 1.89 bits per heavy atom. The zero-order valence-electron chi connectivity index (χ0n) is 12.8. The van der Waals surface area contributed by atoms with Gasteiger partial charge in [-0.3, -0.25) is 0 Å². The minimum Gasteiger partial charge on any atom is -0.659 e. The number of hydrogen-bond donors (Lipinski definition) is 1. The van der Waals surface area contributed by atoms with Gasteiger partial charge in [0.1, 0.15) is 0 Å². The third-order valence-electron chi connectivity index (χ3n) is 3.75. The molecule has 1 N–H and O–H groups in total. The van der Waals surface area contributed by atoms with Gasteiger partial charge in [0.25, 0.3) is 0 Å². The minimum absolute atomic E-state index is 0. The van der Waals surface area contributed by atoms with Crippen LogP contribution in [0.5, 0.6) is 0 Å². The Hall–Kier alpha value is 1.11. The van der Waals surface area contributed by atoms with Crippen LogP contribution in [0.15, 0.2) is 0 Å². The molecule has 0 aromatic heterocycles. The normalized spacial score (nSPS) is 30.7. The fraction of sp³-hybridized carbons (Fsp3) is 1.00. The second-order valence-corrected chi connectivity index (χ2v) is 6.42. The molecule has 18 heavy (non-hydrogen) atoms. The van der Waals surface area contributed by atoms with E-state index in [0.717, 1.165) is 12.5 Å². The second-order valence-electron chi connectivity index (χ2n) is 6.42. The van der Waals surface area contributed by atoms with Crippen molar-refractivity contribution in [3.8, 4) is 0 Å². The molecule has 0 aromatic rings. The molecule has 0 spiro atoms. The Morgan fingerprint density at radius 1 is 1.22 bits per heavy atom. The van der Waals surface area contributed by atoms with Crippen molar-refractivity contribution in [2.24, 2.45) is 11.3 Å². The van der Waals surface area contributed by atoms with E-state index in [1.807, 2.05) is 0 Å². The molecule has 0 amide bonds. The van der Waals surface area contributed by atoms with Crippen LogP contribution in [-0.2, 0) is 0 Å². The smallest absolute Gasteiger partial charge is 0 e. The summed E-state index contributed by atoms with van der Waals surface area (Å²) in [5, 5.41) is 8.37. The van der Waals surface area contributed by atoms with Gasteiger partial charge in [-0.25, -0.2) is 0 Å². The summed E-state index contributed by atoms with van der Waals surface area (Å²) in [4.78, 5) is 0. The molecule has 1 radical (unpaired) electrons. The predicted molar refractivity (Wildman–Crippen MR) is 76.6 cm³/mol. The Bertz CT molecular complexity index is 201. The molecule has 0 bridgehead atoms. The van der Waals surface area contributed by atoms with E-state index >= 15 is 0 Å². The number of nitrogens with zero attached hydrogens (tertiary/aromatic N) is 1. The molecule has 3 heteroatoms. The van der Waals surface area contributed by atoms with E-state index < -0.39 is 0 Å². The van der Waals surface area contributed by atoms with Crippen molar-refractivity contribution in [3.05, 3.63) is 5.32 Å². The van der Waals surface area contributed by atoms with Crippen LogP contribution < -0.4 is 5.32 Å². The van der Waals surface area contributed by atoms with E-state index in [0.29, 0.717) is 11.5 Å². The monoisotopic (exact) mass is 378 g/mol. The maximum atomic E-state index is 4.92. The van der Waals surface area contributed by atoms with Gasteiger partial charge in [-0.05, 0) is 31.8 Å². The Labute approximate surface area is 142 Å². The molecule has 2 saturated heterocycles. The first-order chi connectivity index (χ1) is 8.09. The summed E-state index contributed by atoms with van der Waals surface area (Å²) >= 11 is 0. The summed E-state index contributed by atoms with van der Waals surface area (Å²) in [6.45, 7) is 12.4. The van der Waals surface area contributed by atoms with Crippen LogP contribution in [0.3, 0.4) is 0 Å². The van der Waals surface area contributed by atoms with Crippen molar-refractivity contribution in [2.75, 3.05) is 19.6 Å². The molecule has 2 nitrogen and oxygen atoms in total. The molecule has 0 aromatic carbocycles. The Balaban J connectivity index is 0.000000660. The first-order valence-corrected chi connectivity index (χ1v) is 7.46. The first-order valence-electron chi connectivity index (χ1n) is 7.46. The molecule has 2 aliphatic rings. The first kappa shape index (κ1) is 19.1. The standard InChI is InChI=1S/C12H23N2.C3H8.La/c1-12(2)6-3-4-11(14-9-12)10-5-7-13-8-10;1-3-2;/h10-11,13H,3-9H2,1-2H3;3H2,1-2H3;/q-1;;. The average molecular weight is 378 g/mol. The van der Waals surface area contributed by atoms with Crippen LogP contribution in [0.1, 0.15) is 59.8 Å². The molecular formula is C15H31LaN2-. The molecule has 2 heterocycles. The maximum absolute atomic E-state index is 4.92. The third-order valence-corrected chi connectivity index (χ3v) is 3.75. The van der Waals surface area contributed by atoms with Gasteiger partial charge >= 0.3 is 0 Å². The Morgan fingerprint density at radius 3 is 2.44 bits per heavy atom. The van der Waals surface area contributed by atoms with Gasteiger partial charge < -0.3 is 10.6 Å². The van der Waals surface area contributed by atoms with Crippen molar-refractivity contribution in [3.63, 3.8) is 0 Å². The van der Waals surface area contributed by atoms with Crippen LogP contribution in [0.2, 0.25) is 0 Å². The minimum atomic E-state index is 0. The summed E-state index contributed by atoms with van der Waals surface area (Å²) in [7, 11) is 0. The number of nitrogens with one attached hydrogen (secondary N) is 1. The zero-order valence-corrected chi connectivity index (χ0v) is 16.5. The number of rotatable bonds is 1. The Kier molecular flexibility index (Phi) is 10.5. The topological polar surface area (TPSA) is 26.1 Å². The molecule has 0 saturated carbocycles. The molecule has 2 fully saturated rings. The zero-order chi connectivity index (χ0) is 12.7. The number of hydrogen-bond acceptors (Lipinski definition) is 1. The van der Waals surface area contributed by atoms with Gasteiger partial charge in [0, 0.05) is 35.6 Å². The largest absolute Gasteiger partial charge is 0.659 e. The molecule has 2 aliphatic heterocycles. The molecule has 2 unspecified atom stereocenters. The van der Waals surface area contributed by atoms with Gasteiger partial charge in [-0.15, -0.1) is 12.6 Å². The molecule has 0 aliphatic carbocycles. The fourth-order valence-corrected chi connectivity index (χ4v) is 2.71. The molecule has 105 valence electrons. The third kappa shape index (κ3) is 7.05. The van der Waals surface area contributed by atoms with Crippen LogP contribution in [0.25, 0.3) is 5.32 Å². The summed E-state index contributed by atoms with van der Waals surface area (Å²) in [6, 6.07) is 0.659. The van der Waals surface area contributed by atoms with Crippen molar-refractivity contribution >= 4 is 0 Å². The molecular weight excluding hydrogens is 347 g/mol. The summed E-state index contributed by atoms with van der Waals surface area (Å²) in [5.74, 6) is 0.837. The van der Waals surface area contributed by atoms with Gasteiger partial charge in [0.15, 0.2) is 0 Å². The van der Waals surface area contributed by atoms with Crippen molar-refractivity contribution in [1.82, 2.24) is 5.32 Å². The average Bonchev–Trinajstić information content (AvgIpc) is 2.71. The van der Waals surface area contributed by atoms with Gasteiger partial charge in [0.2, 0.25) is 0 Å². The summed E-state index contributed by atoms with van der Waals surface area (Å²) in [6.07, 6.45) is 6.65. The van der Waals surface area contributed by atoms with E-state index in [1.165, 1.54) is 45.2 Å². The van der Waals surface area contributed by atoms with Crippen molar-refractivity contribution in [2.45, 2.75) is 65.8 Å². The van der Waals surface area contributed by atoms with Gasteiger partial charge in [0.05, 0.1) is 0 Å². The van der Waals surface area contributed by atoms with E-state index in [1.54, 1.807) is 0 Å². The van der Waals surface area contributed by atoms with E-state index in [4.69, 9.17) is 5.32 Å². The van der Waals surface area contributed by atoms with E-state index in [9.17, 15) is 0 Å². The van der Waals surface area contributed by atoms with Crippen LogP contribution in [0, 0.1) is 46.9 Å². The van der Waals surface area contributed by atoms with Crippen molar-refractivity contribution < 1.29 is 35.6 Å². The van der Waals surface area contributed by atoms with Gasteiger partial charge in [-0.1, -0.05) is 52.4 Å². The second kappa shape index (κ2) is 9.93. The molecule has 2 atom stereocenters. The van der Waals surface area contributed by atoms with E-state index in [2.05, 4.69) is 33.0 Å². The summed E-state index contributed by atoms with van der Waals surface area (Å²) in [5.41, 5.74) is 0.459. The van der Waals surface area contributed by atoms with Crippen LogP contribution >= 0.6 is 0 Å². The van der Waals surface area contributed by atoms with Crippen molar-refractivity contribution in [1.29, 1.82) is 0 Å². The predicted octanol–water partition coefficient (Wildman–Crippen LogP) is 3.96. The SMILES string of the molecule is CC1(C)CCCC(C2CCNC2)[N-]C1.CCC.[La]. The molecule has 2 rings (SSSR count). The quantitative estimate of drug-likeness (QED) is 0.734. The summed E-state index contributed by atoms with van der Waals surface area (Å²) < 4.78 is 0. The van der Waals surface area contributed by atoms with Crippen LogP contribution in [-0.4, -0.2) is 25.7 Å². The van der Waals surface area contributed by atoms with Crippen LogP contribution in [0.4, 0.5) is 0 Å². The van der Waals surface area contributed by atoms with Gasteiger partial charge in [-0.2, -0.15) is 0 Å². The fourth-order valence-electron chi connectivity index (χ4n) is 2.71.